The number of nitrogens with one attached hydrogen (secondary N) is 1. The number of nitrogens with zero attached hydrogens (tertiary/aromatic N) is 3. The molecule has 5 nitrogen and oxygen atoms in total. The van der Waals surface area contributed by atoms with Gasteiger partial charge in [-0.25, -0.2) is 14.2 Å². The van der Waals surface area contributed by atoms with Gasteiger partial charge < -0.3 is 5.32 Å². The maximum atomic E-state index is 13.3. The first-order chi connectivity index (χ1) is 13.7. The lowest BCUT2D eigenvalue weighted by Crippen LogP contribution is -2.28. The van der Waals surface area contributed by atoms with Gasteiger partial charge in [0.15, 0.2) is 5.65 Å². The van der Waals surface area contributed by atoms with Crippen molar-refractivity contribution in [3.8, 4) is 16.8 Å². The van der Waals surface area contributed by atoms with Crippen molar-refractivity contribution in [1.82, 2.24) is 19.4 Å². The topological polar surface area (TPSA) is 51.9 Å². The van der Waals surface area contributed by atoms with E-state index in [0.717, 1.165) is 41.8 Å². The summed E-state index contributed by atoms with van der Waals surface area (Å²) >= 11 is 0. The fraction of sp³-hybridized carbons (Fsp3) is 0.182. The van der Waals surface area contributed by atoms with Crippen LogP contribution in [0.25, 0.3) is 28.0 Å². The molecule has 1 fully saturated rings. The van der Waals surface area contributed by atoms with Crippen LogP contribution in [0.3, 0.4) is 0 Å². The molecule has 0 saturated carbocycles. The molecule has 1 saturated heterocycles. The molecule has 1 aliphatic heterocycles. The maximum Gasteiger partial charge on any atom is 0.335 e. The fourth-order valence-electron chi connectivity index (χ4n) is 3.93. The molecular formula is C22H19FN4O. The summed E-state index contributed by atoms with van der Waals surface area (Å²) in [6.07, 6.45) is 2.64. The third-order valence-corrected chi connectivity index (χ3v) is 5.34. The first-order valence-corrected chi connectivity index (χ1v) is 9.37. The number of imidazole rings is 1. The fourth-order valence-corrected chi connectivity index (χ4v) is 3.93. The summed E-state index contributed by atoms with van der Waals surface area (Å²) in [6.45, 7) is 1.68. The van der Waals surface area contributed by atoms with Crippen molar-refractivity contribution in [2.24, 2.45) is 0 Å². The summed E-state index contributed by atoms with van der Waals surface area (Å²) in [5, 5.41) is 3.32. The van der Waals surface area contributed by atoms with Gasteiger partial charge in [-0.3, -0.25) is 9.13 Å². The Morgan fingerprint density at radius 3 is 2.39 bits per heavy atom. The van der Waals surface area contributed by atoms with Gasteiger partial charge in [0.25, 0.3) is 0 Å². The number of hydrogen-bond acceptors (Lipinski definition) is 3. The minimum absolute atomic E-state index is 0.0723. The standard InChI is InChI=1S/C22H19FN4O/c23-17-7-3-15(4-8-17)16-5-9-18(10-6-16)26-20-2-1-12-25-21(20)27(22(26)28)19-11-13-24-14-19/h1-10,12,19,24H,11,13-14H2. The SMILES string of the molecule is O=c1n(-c2ccc(-c3ccc(F)cc3)cc2)c2cccnc2n1C1CCNC1. The minimum Gasteiger partial charge on any atom is -0.315 e. The molecule has 3 heterocycles. The molecule has 4 aromatic rings. The van der Waals surface area contributed by atoms with E-state index in [-0.39, 0.29) is 17.5 Å². The molecule has 6 heteroatoms. The predicted molar refractivity (Wildman–Crippen MR) is 107 cm³/mol. The second-order valence-corrected chi connectivity index (χ2v) is 7.03. The maximum absolute atomic E-state index is 13.3. The molecule has 0 radical (unpaired) electrons. The summed E-state index contributed by atoms with van der Waals surface area (Å²) in [4.78, 5) is 17.8. The molecular weight excluding hydrogens is 355 g/mol. The van der Waals surface area contributed by atoms with E-state index in [1.165, 1.54) is 12.1 Å². The Hall–Kier alpha value is -3.25. The predicted octanol–water partition coefficient (Wildman–Crippen LogP) is 3.53. The molecule has 5 rings (SSSR count). The lowest BCUT2D eigenvalue weighted by atomic mass is 10.1. The van der Waals surface area contributed by atoms with Crippen LogP contribution in [0.5, 0.6) is 0 Å². The quantitative estimate of drug-likeness (QED) is 0.597. The van der Waals surface area contributed by atoms with E-state index in [9.17, 15) is 9.18 Å². The van der Waals surface area contributed by atoms with Crippen molar-refractivity contribution in [3.63, 3.8) is 0 Å². The third kappa shape index (κ3) is 2.73. The zero-order valence-corrected chi connectivity index (χ0v) is 15.2. The van der Waals surface area contributed by atoms with Crippen LogP contribution >= 0.6 is 0 Å². The van der Waals surface area contributed by atoms with Crippen LogP contribution in [0, 0.1) is 5.82 Å². The first-order valence-electron chi connectivity index (χ1n) is 9.37. The van der Waals surface area contributed by atoms with Gasteiger partial charge >= 0.3 is 5.69 Å². The Kier molecular flexibility index (Phi) is 4.06. The van der Waals surface area contributed by atoms with E-state index in [1.807, 2.05) is 41.0 Å². The molecule has 1 aliphatic rings. The van der Waals surface area contributed by atoms with Crippen LogP contribution in [0.4, 0.5) is 4.39 Å². The molecule has 0 spiro atoms. The second kappa shape index (κ2) is 6.73. The summed E-state index contributed by atoms with van der Waals surface area (Å²) in [6, 6.07) is 18.0. The van der Waals surface area contributed by atoms with Crippen LogP contribution in [0.1, 0.15) is 12.5 Å². The number of aromatic nitrogens is 3. The van der Waals surface area contributed by atoms with E-state index < -0.39 is 0 Å². The number of hydrogen-bond donors (Lipinski definition) is 1. The average Bonchev–Trinajstić information content (AvgIpc) is 3.34. The zero-order valence-electron chi connectivity index (χ0n) is 15.2. The monoisotopic (exact) mass is 374 g/mol. The van der Waals surface area contributed by atoms with Crippen molar-refractivity contribution in [2.45, 2.75) is 12.5 Å². The molecule has 1 N–H and O–H groups in total. The van der Waals surface area contributed by atoms with Crippen LogP contribution in [0.2, 0.25) is 0 Å². The van der Waals surface area contributed by atoms with Crippen LogP contribution in [0.15, 0.2) is 71.7 Å². The van der Waals surface area contributed by atoms with Crippen LogP contribution in [-0.4, -0.2) is 27.2 Å². The van der Waals surface area contributed by atoms with Crippen molar-refractivity contribution < 1.29 is 4.39 Å². The van der Waals surface area contributed by atoms with Gasteiger partial charge in [-0.2, -0.15) is 0 Å². The Morgan fingerprint density at radius 2 is 1.71 bits per heavy atom. The summed E-state index contributed by atoms with van der Waals surface area (Å²) in [5.74, 6) is -0.256. The van der Waals surface area contributed by atoms with Gasteiger partial charge in [0.1, 0.15) is 5.82 Å². The Morgan fingerprint density at radius 1 is 1.00 bits per heavy atom. The van der Waals surface area contributed by atoms with E-state index >= 15 is 0 Å². The van der Waals surface area contributed by atoms with Crippen LogP contribution in [-0.2, 0) is 0 Å². The van der Waals surface area contributed by atoms with Crippen molar-refractivity contribution in [1.29, 1.82) is 0 Å². The molecule has 28 heavy (non-hydrogen) atoms. The number of fused-ring (bicyclic) bond motifs is 1. The zero-order chi connectivity index (χ0) is 19.1. The summed E-state index contributed by atoms with van der Waals surface area (Å²) < 4.78 is 16.7. The highest BCUT2D eigenvalue weighted by atomic mass is 19.1. The Balaban J connectivity index is 1.62. The van der Waals surface area contributed by atoms with Gasteiger partial charge in [-0.05, 0) is 60.5 Å². The normalized spacial score (nSPS) is 16.7. The van der Waals surface area contributed by atoms with E-state index in [2.05, 4.69) is 10.3 Å². The van der Waals surface area contributed by atoms with Crippen LogP contribution < -0.4 is 11.0 Å². The highest BCUT2D eigenvalue weighted by Gasteiger charge is 2.24. The third-order valence-electron chi connectivity index (χ3n) is 5.34. The number of benzene rings is 2. The second-order valence-electron chi connectivity index (χ2n) is 7.03. The number of halogens is 1. The van der Waals surface area contributed by atoms with Gasteiger partial charge in [0.2, 0.25) is 0 Å². The lowest BCUT2D eigenvalue weighted by molar-refractivity contribution is 0.537. The van der Waals surface area contributed by atoms with E-state index in [1.54, 1.807) is 22.9 Å². The number of rotatable bonds is 3. The van der Waals surface area contributed by atoms with Gasteiger partial charge in [0.05, 0.1) is 17.2 Å². The van der Waals surface area contributed by atoms with Crippen molar-refractivity contribution >= 4 is 11.2 Å². The average molecular weight is 374 g/mol. The number of pyridine rings is 1. The first kappa shape index (κ1) is 16.9. The molecule has 0 amide bonds. The molecule has 0 aliphatic carbocycles. The van der Waals surface area contributed by atoms with Gasteiger partial charge in [-0.15, -0.1) is 0 Å². The molecule has 0 bridgehead atoms. The Labute approximate surface area is 161 Å². The van der Waals surface area contributed by atoms with Crippen molar-refractivity contribution in [3.05, 3.63) is 83.2 Å². The summed E-state index contributed by atoms with van der Waals surface area (Å²) in [7, 11) is 0. The Bertz CT molecular complexity index is 1190. The largest absolute Gasteiger partial charge is 0.335 e. The molecule has 2 aromatic carbocycles. The lowest BCUT2D eigenvalue weighted by Gasteiger charge is -2.09. The highest BCUT2D eigenvalue weighted by Crippen LogP contribution is 2.24. The minimum atomic E-state index is -0.256. The molecule has 140 valence electrons. The molecule has 2 aromatic heterocycles. The van der Waals surface area contributed by atoms with E-state index in [0.29, 0.717) is 5.65 Å². The smallest absolute Gasteiger partial charge is 0.315 e. The molecule has 1 unspecified atom stereocenters. The highest BCUT2D eigenvalue weighted by molar-refractivity contribution is 5.75. The summed E-state index contributed by atoms with van der Waals surface area (Å²) in [5.41, 5.74) is 4.13. The molecule has 1 atom stereocenters. The van der Waals surface area contributed by atoms with E-state index in [4.69, 9.17) is 0 Å². The van der Waals surface area contributed by atoms with Gasteiger partial charge in [-0.1, -0.05) is 24.3 Å². The van der Waals surface area contributed by atoms with Gasteiger partial charge in [0, 0.05) is 12.7 Å². The van der Waals surface area contributed by atoms with Crippen molar-refractivity contribution in [2.75, 3.05) is 13.1 Å².